The second-order valence-corrected chi connectivity index (χ2v) is 5.82. The van der Waals surface area contributed by atoms with E-state index in [-0.39, 0.29) is 16.5 Å². The maximum atomic E-state index is 12.3. The quantitative estimate of drug-likeness (QED) is 0.515. The van der Waals surface area contributed by atoms with Crippen LogP contribution in [0, 0.1) is 0 Å². The number of nitrogens with zero attached hydrogens (tertiary/aromatic N) is 2. The van der Waals surface area contributed by atoms with E-state index in [1.807, 2.05) is 0 Å². The van der Waals surface area contributed by atoms with Crippen LogP contribution in [-0.4, -0.2) is 26.4 Å². The molecule has 7 heteroatoms. The molecule has 1 aromatic rings. The Morgan fingerprint density at radius 2 is 2.11 bits per heavy atom. The van der Waals surface area contributed by atoms with Gasteiger partial charge in [0.05, 0.1) is 16.9 Å². The normalized spacial score (nSPS) is 18.2. The molecule has 0 radical (unpaired) electrons. The van der Waals surface area contributed by atoms with E-state index >= 15 is 0 Å². The molecule has 96 valence electrons. The number of hydrogen-bond acceptors (Lipinski definition) is 4. The van der Waals surface area contributed by atoms with Crippen LogP contribution in [-0.2, 0) is 10.0 Å². The minimum absolute atomic E-state index is 0.0631. The van der Waals surface area contributed by atoms with E-state index in [0.717, 1.165) is 6.21 Å². The average Bonchev–Trinajstić information content (AvgIpc) is 2.35. The maximum Gasteiger partial charge on any atom is 0.267 e. The van der Waals surface area contributed by atoms with Crippen LogP contribution in [0.15, 0.2) is 34.3 Å². The van der Waals surface area contributed by atoms with Gasteiger partial charge in [0.2, 0.25) is 0 Å². The Balaban J connectivity index is 2.82. The first-order valence-corrected chi connectivity index (χ1v) is 7.05. The maximum absolute atomic E-state index is 12.3. The van der Waals surface area contributed by atoms with Crippen LogP contribution in [0.5, 0.6) is 0 Å². The molecule has 0 fully saturated rings. The van der Waals surface area contributed by atoms with Gasteiger partial charge in [0, 0.05) is 12.1 Å². The Hall–Kier alpha value is -1.53. The van der Waals surface area contributed by atoms with Crippen LogP contribution >= 0.6 is 11.6 Å². The molecule has 0 atom stereocenters. The van der Waals surface area contributed by atoms with Gasteiger partial charge in [-0.25, -0.2) is 8.42 Å². The van der Waals surface area contributed by atoms with Crippen molar-refractivity contribution in [1.82, 2.24) is 0 Å². The number of rotatable bonds is 2. The first-order chi connectivity index (χ1) is 8.54. The summed E-state index contributed by atoms with van der Waals surface area (Å²) >= 11 is 6.07. The van der Waals surface area contributed by atoms with E-state index in [0.29, 0.717) is 11.3 Å². The molecule has 0 unspecified atom stereocenters. The first-order valence-electron chi connectivity index (χ1n) is 5.23. The summed E-state index contributed by atoms with van der Waals surface area (Å²) in [6.45, 7) is 1.99. The standard InChI is InChI=1S/C11H11ClN2O3S/c1-2-14-9-6-4-3-5-8(9)11(12)10(7-13-15)18(14,16)17/h3-7,15H,2H2,1H3/b13-7+. The molecule has 18 heavy (non-hydrogen) atoms. The molecule has 1 heterocycles. The van der Waals surface area contributed by atoms with Gasteiger partial charge in [-0.2, -0.15) is 0 Å². The molecule has 0 aliphatic carbocycles. The third-order valence-corrected chi connectivity index (χ3v) is 5.08. The van der Waals surface area contributed by atoms with Crippen molar-refractivity contribution in [1.29, 1.82) is 0 Å². The predicted octanol–water partition coefficient (Wildman–Crippen LogP) is 2.22. The summed E-state index contributed by atoms with van der Waals surface area (Å²) in [5.41, 5.74) is 1.13. The lowest BCUT2D eigenvalue weighted by Crippen LogP contribution is -2.35. The van der Waals surface area contributed by atoms with E-state index in [9.17, 15) is 8.42 Å². The second kappa shape index (κ2) is 4.62. The number of benzene rings is 1. The van der Waals surface area contributed by atoms with Crippen LogP contribution in [0.4, 0.5) is 5.69 Å². The van der Waals surface area contributed by atoms with Crippen LogP contribution in [0.1, 0.15) is 12.5 Å². The van der Waals surface area contributed by atoms with Crippen molar-refractivity contribution in [3.63, 3.8) is 0 Å². The average molecular weight is 287 g/mol. The summed E-state index contributed by atoms with van der Waals surface area (Å²) in [5.74, 6) is 0. The highest BCUT2D eigenvalue weighted by atomic mass is 35.5. The molecule has 0 saturated carbocycles. The number of halogens is 1. The molecule has 1 aliphatic rings. The SMILES string of the molecule is CCN1c2ccccc2C(Cl)=C(/C=N/O)S1(=O)=O. The van der Waals surface area contributed by atoms with E-state index in [1.165, 1.54) is 4.31 Å². The zero-order valence-electron chi connectivity index (χ0n) is 9.54. The minimum atomic E-state index is -3.77. The van der Waals surface area contributed by atoms with Crippen LogP contribution in [0.25, 0.3) is 5.03 Å². The molecule has 0 amide bonds. The summed E-state index contributed by atoms with van der Waals surface area (Å²) in [5, 5.41) is 11.4. The molecule has 2 rings (SSSR count). The molecule has 1 N–H and O–H groups in total. The predicted molar refractivity (Wildman–Crippen MR) is 71.4 cm³/mol. The highest BCUT2D eigenvalue weighted by Gasteiger charge is 2.34. The summed E-state index contributed by atoms with van der Waals surface area (Å²) in [4.78, 5) is -0.202. The number of allylic oxidation sites excluding steroid dienone is 1. The largest absolute Gasteiger partial charge is 0.411 e. The third kappa shape index (κ3) is 1.77. The van der Waals surface area contributed by atoms with Crippen molar-refractivity contribution in [2.24, 2.45) is 5.16 Å². The zero-order chi connectivity index (χ0) is 13.3. The van der Waals surface area contributed by atoms with Gasteiger partial charge in [-0.15, -0.1) is 0 Å². The van der Waals surface area contributed by atoms with Gasteiger partial charge in [-0.3, -0.25) is 4.31 Å². The van der Waals surface area contributed by atoms with Crippen molar-refractivity contribution in [3.05, 3.63) is 34.7 Å². The zero-order valence-corrected chi connectivity index (χ0v) is 11.1. The van der Waals surface area contributed by atoms with Gasteiger partial charge < -0.3 is 5.21 Å². The van der Waals surface area contributed by atoms with E-state index in [4.69, 9.17) is 16.8 Å². The monoisotopic (exact) mass is 286 g/mol. The second-order valence-electron chi connectivity index (χ2n) is 3.61. The molecule has 1 aliphatic heterocycles. The Labute approximate surface area is 110 Å². The summed E-state index contributed by atoms with van der Waals surface area (Å²) in [7, 11) is -3.77. The molecule has 0 aromatic heterocycles. The molecule has 5 nitrogen and oxygen atoms in total. The van der Waals surface area contributed by atoms with Crippen LogP contribution in [0.3, 0.4) is 0 Å². The van der Waals surface area contributed by atoms with Gasteiger partial charge in [0.15, 0.2) is 0 Å². The van der Waals surface area contributed by atoms with Gasteiger partial charge in [0.25, 0.3) is 10.0 Å². The number of para-hydroxylation sites is 1. The summed E-state index contributed by atoms with van der Waals surface area (Å²) in [6.07, 6.45) is 0.844. The number of anilines is 1. The Morgan fingerprint density at radius 1 is 1.44 bits per heavy atom. The van der Waals surface area contributed by atoms with Crippen molar-refractivity contribution in [2.75, 3.05) is 10.8 Å². The van der Waals surface area contributed by atoms with Crippen LogP contribution < -0.4 is 4.31 Å². The molecule has 0 bridgehead atoms. The van der Waals surface area contributed by atoms with Gasteiger partial charge in [-0.1, -0.05) is 35.0 Å². The minimum Gasteiger partial charge on any atom is -0.411 e. The molecular formula is C11H11ClN2O3S. The number of sulfonamides is 1. The summed E-state index contributed by atoms with van der Waals surface area (Å²) in [6, 6.07) is 6.92. The van der Waals surface area contributed by atoms with E-state index in [1.54, 1.807) is 31.2 Å². The molecular weight excluding hydrogens is 276 g/mol. The molecule has 1 aromatic carbocycles. The van der Waals surface area contributed by atoms with Crippen molar-refractivity contribution in [3.8, 4) is 0 Å². The summed E-state index contributed by atoms with van der Waals surface area (Å²) < 4.78 is 25.8. The fourth-order valence-corrected chi connectivity index (χ4v) is 3.90. The van der Waals surface area contributed by atoms with Crippen molar-refractivity contribution >= 4 is 38.6 Å². The Bertz CT molecular complexity index is 637. The smallest absolute Gasteiger partial charge is 0.267 e. The lowest BCUT2D eigenvalue weighted by atomic mass is 10.1. The number of oxime groups is 1. The van der Waals surface area contributed by atoms with Gasteiger partial charge in [-0.05, 0) is 13.0 Å². The van der Waals surface area contributed by atoms with Crippen LogP contribution in [0.2, 0.25) is 0 Å². The third-order valence-electron chi connectivity index (χ3n) is 2.66. The molecule has 0 spiro atoms. The van der Waals surface area contributed by atoms with Crippen molar-refractivity contribution in [2.45, 2.75) is 6.92 Å². The first kappa shape index (κ1) is 12.9. The lowest BCUT2D eigenvalue weighted by Gasteiger charge is -2.29. The van der Waals surface area contributed by atoms with E-state index in [2.05, 4.69) is 5.16 Å². The lowest BCUT2D eigenvalue weighted by molar-refractivity contribution is 0.322. The number of hydrogen-bond donors (Lipinski definition) is 1. The molecule has 0 saturated heterocycles. The van der Waals surface area contributed by atoms with Gasteiger partial charge in [0.1, 0.15) is 4.91 Å². The number of fused-ring (bicyclic) bond motifs is 1. The highest BCUT2D eigenvalue weighted by Crippen LogP contribution is 2.40. The fraction of sp³-hybridized carbons (Fsp3) is 0.182. The van der Waals surface area contributed by atoms with E-state index < -0.39 is 10.0 Å². The highest BCUT2D eigenvalue weighted by molar-refractivity contribution is 7.97. The fourth-order valence-electron chi connectivity index (χ4n) is 1.89. The Kier molecular flexibility index (Phi) is 3.32. The topological polar surface area (TPSA) is 70.0 Å². The van der Waals surface area contributed by atoms with Gasteiger partial charge >= 0.3 is 0 Å². The Morgan fingerprint density at radius 3 is 2.72 bits per heavy atom. The van der Waals surface area contributed by atoms with Crippen molar-refractivity contribution < 1.29 is 13.6 Å².